The van der Waals surface area contributed by atoms with Crippen molar-refractivity contribution < 1.29 is 27.9 Å². The summed E-state index contributed by atoms with van der Waals surface area (Å²) in [6, 6.07) is 9.91. The summed E-state index contributed by atoms with van der Waals surface area (Å²) in [5.74, 6) is -2.46. The van der Waals surface area contributed by atoms with E-state index in [1.165, 1.54) is 0 Å². The first kappa shape index (κ1) is 29.5. The molecular formula is C26H30F3N9O3. The third-order valence-corrected chi connectivity index (χ3v) is 7.02. The Bertz CT molecular complexity index is 1420. The first-order valence-electron chi connectivity index (χ1n) is 13.0. The van der Waals surface area contributed by atoms with Crippen LogP contribution < -0.4 is 10.3 Å². The van der Waals surface area contributed by atoms with E-state index in [2.05, 4.69) is 37.2 Å². The van der Waals surface area contributed by atoms with Crippen molar-refractivity contribution in [3.05, 3.63) is 42.0 Å². The Morgan fingerprint density at radius 2 is 1.68 bits per heavy atom. The molecule has 2 aromatic heterocycles. The zero-order valence-corrected chi connectivity index (χ0v) is 22.6. The van der Waals surface area contributed by atoms with Crippen LogP contribution in [0.15, 0.2) is 30.6 Å². The summed E-state index contributed by atoms with van der Waals surface area (Å²) < 4.78 is 33.5. The molecule has 3 heterocycles. The topological polar surface area (TPSA) is 144 Å². The predicted octanol–water partition coefficient (Wildman–Crippen LogP) is 3.03. The van der Waals surface area contributed by atoms with Gasteiger partial charge in [0.2, 0.25) is 5.82 Å². The molecule has 0 radical (unpaired) electrons. The monoisotopic (exact) mass is 573 g/mol. The Morgan fingerprint density at radius 3 is 2.24 bits per heavy atom. The second-order valence-electron chi connectivity index (χ2n) is 9.90. The Kier molecular flexibility index (Phi) is 8.92. The van der Waals surface area contributed by atoms with Crippen molar-refractivity contribution in [1.82, 2.24) is 29.4 Å². The first-order chi connectivity index (χ1) is 19.5. The molecule has 0 bridgehead atoms. The van der Waals surface area contributed by atoms with Gasteiger partial charge >= 0.3 is 12.1 Å². The van der Waals surface area contributed by atoms with Gasteiger partial charge in [-0.25, -0.2) is 14.8 Å². The SMILES string of the molecule is CN1CCN(c2ccc(C(=O)N(Nc3nc(C#N)nc4c3ncn4C)C3CCCC3)cc2)CC1.O=C(O)C(F)(F)F. The van der Waals surface area contributed by atoms with Gasteiger partial charge in [-0.15, -0.1) is 0 Å². The highest BCUT2D eigenvalue weighted by Gasteiger charge is 2.38. The minimum Gasteiger partial charge on any atom is -0.475 e. The summed E-state index contributed by atoms with van der Waals surface area (Å²) >= 11 is 0. The number of likely N-dealkylation sites (N-methyl/N-ethyl adjacent to an activating group) is 1. The highest BCUT2D eigenvalue weighted by atomic mass is 19.4. The number of carbonyl (C=O) groups excluding carboxylic acids is 1. The van der Waals surface area contributed by atoms with Crippen LogP contribution in [0.3, 0.4) is 0 Å². The van der Waals surface area contributed by atoms with Crippen LogP contribution in [-0.2, 0) is 11.8 Å². The molecule has 41 heavy (non-hydrogen) atoms. The van der Waals surface area contributed by atoms with Gasteiger partial charge in [-0.3, -0.25) is 10.2 Å². The molecular weight excluding hydrogens is 543 g/mol. The van der Waals surface area contributed by atoms with Gasteiger partial charge in [0.15, 0.2) is 17.0 Å². The zero-order chi connectivity index (χ0) is 29.7. The number of carboxylic acids is 1. The van der Waals surface area contributed by atoms with E-state index in [1.54, 1.807) is 15.9 Å². The molecule has 12 nitrogen and oxygen atoms in total. The normalized spacial score (nSPS) is 16.1. The highest BCUT2D eigenvalue weighted by Crippen LogP contribution is 2.28. The number of benzene rings is 1. The van der Waals surface area contributed by atoms with Crippen LogP contribution in [0.2, 0.25) is 0 Å². The average Bonchev–Trinajstić information content (AvgIpc) is 3.62. The number of anilines is 2. The van der Waals surface area contributed by atoms with Crippen LogP contribution in [0.5, 0.6) is 0 Å². The van der Waals surface area contributed by atoms with Crippen molar-refractivity contribution in [3.8, 4) is 6.07 Å². The minimum absolute atomic E-state index is 0.0361. The van der Waals surface area contributed by atoms with E-state index in [4.69, 9.17) is 9.90 Å². The number of aryl methyl sites for hydroxylation is 1. The fourth-order valence-corrected chi connectivity index (χ4v) is 4.74. The molecule has 0 spiro atoms. The number of aliphatic carboxylic acids is 1. The number of nitrogens with one attached hydrogen (secondary N) is 1. The maximum absolute atomic E-state index is 13.7. The van der Waals surface area contributed by atoms with Gasteiger partial charge < -0.3 is 19.5 Å². The molecule has 1 aliphatic carbocycles. The zero-order valence-electron chi connectivity index (χ0n) is 22.6. The third kappa shape index (κ3) is 7.01. The van der Waals surface area contributed by atoms with Crippen molar-refractivity contribution in [2.75, 3.05) is 43.6 Å². The molecule has 2 N–H and O–H groups in total. The van der Waals surface area contributed by atoms with E-state index >= 15 is 0 Å². The number of alkyl halides is 3. The van der Waals surface area contributed by atoms with Crippen LogP contribution >= 0.6 is 0 Å². The number of carboxylic acid groups (broad SMARTS) is 1. The lowest BCUT2D eigenvalue weighted by Gasteiger charge is -2.34. The number of imidazole rings is 1. The van der Waals surface area contributed by atoms with Gasteiger partial charge in [0.1, 0.15) is 6.07 Å². The smallest absolute Gasteiger partial charge is 0.475 e. The van der Waals surface area contributed by atoms with E-state index in [1.807, 2.05) is 37.4 Å². The fourth-order valence-electron chi connectivity index (χ4n) is 4.74. The molecule has 1 aliphatic heterocycles. The largest absolute Gasteiger partial charge is 0.490 e. The van der Waals surface area contributed by atoms with Gasteiger partial charge in [-0.2, -0.15) is 28.4 Å². The lowest BCUT2D eigenvalue weighted by atomic mass is 10.1. The summed E-state index contributed by atoms with van der Waals surface area (Å²) in [7, 11) is 3.95. The quantitative estimate of drug-likeness (QED) is 0.437. The molecule has 1 saturated carbocycles. The predicted molar refractivity (Wildman–Crippen MR) is 143 cm³/mol. The standard InChI is InChI=1S/C24H29N9O.C2HF3O2/c1-30-11-13-32(14-12-30)18-9-7-17(8-10-18)24(34)33(19-5-3-4-6-19)29-22-21-23(31(2)16-26-21)28-20(15-25)27-22;3-2(4,5)1(6)7/h7-10,16,19H,3-6,11-14H2,1-2H3,(H,27,28,29);(H,6,7). The Morgan fingerprint density at radius 1 is 1.07 bits per heavy atom. The van der Waals surface area contributed by atoms with Crippen LogP contribution in [-0.4, -0.2) is 91.9 Å². The van der Waals surface area contributed by atoms with Gasteiger partial charge in [0.05, 0.1) is 12.4 Å². The van der Waals surface area contributed by atoms with Gasteiger partial charge in [0, 0.05) is 44.5 Å². The van der Waals surface area contributed by atoms with Crippen LogP contribution in [0.25, 0.3) is 11.2 Å². The number of carbonyl (C=O) groups is 2. The number of rotatable bonds is 5. The molecule has 2 aliphatic rings. The molecule has 1 aromatic carbocycles. The third-order valence-electron chi connectivity index (χ3n) is 7.02. The number of hydrogen-bond acceptors (Lipinski definition) is 9. The van der Waals surface area contributed by atoms with Gasteiger partial charge in [0.25, 0.3) is 5.91 Å². The number of hydrazine groups is 1. The van der Waals surface area contributed by atoms with E-state index < -0.39 is 12.1 Å². The molecule has 0 unspecified atom stereocenters. The average molecular weight is 574 g/mol. The molecule has 218 valence electrons. The maximum Gasteiger partial charge on any atom is 0.490 e. The number of hydrogen-bond donors (Lipinski definition) is 2. The lowest BCUT2D eigenvalue weighted by Crippen LogP contribution is -2.44. The van der Waals surface area contributed by atoms with E-state index in [0.717, 1.165) is 57.5 Å². The number of amides is 1. The van der Waals surface area contributed by atoms with Crippen LogP contribution in [0, 0.1) is 11.3 Å². The summed E-state index contributed by atoms with van der Waals surface area (Å²) in [5.41, 5.74) is 6.05. The molecule has 2 fully saturated rings. The molecule has 1 amide bonds. The summed E-state index contributed by atoms with van der Waals surface area (Å²) in [5, 5.41) is 18.2. The maximum atomic E-state index is 13.7. The molecule has 5 rings (SSSR count). The van der Waals surface area contributed by atoms with E-state index in [9.17, 15) is 23.2 Å². The summed E-state index contributed by atoms with van der Waals surface area (Å²) in [6.45, 7) is 4.03. The van der Waals surface area contributed by atoms with E-state index in [0.29, 0.717) is 22.5 Å². The fraction of sp³-hybridized carbons (Fsp3) is 0.462. The van der Waals surface area contributed by atoms with E-state index in [-0.39, 0.29) is 17.8 Å². The number of aromatic nitrogens is 4. The van der Waals surface area contributed by atoms with Crippen molar-refractivity contribution in [3.63, 3.8) is 0 Å². The first-order valence-corrected chi connectivity index (χ1v) is 13.0. The number of nitrogens with zero attached hydrogens (tertiary/aromatic N) is 8. The van der Waals surface area contributed by atoms with Crippen LogP contribution in [0.4, 0.5) is 24.7 Å². The molecule has 15 heteroatoms. The Balaban J connectivity index is 0.000000493. The molecule has 0 atom stereocenters. The highest BCUT2D eigenvalue weighted by molar-refractivity contribution is 5.96. The second kappa shape index (κ2) is 12.4. The molecule has 1 saturated heterocycles. The van der Waals surface area contributed by atoms with Gasteiger partial charge in [-0.05, 0) is 44.2 Å². The number of halogens is 3. The van der Waals surface area contributed by atoms with Crippen molar-refractivity contribution in [2.45, 2.75) is 37.9 Å². The molecule has 3 aromatic rings. The lowest BCUT2D eigenvalue weighted by molar-refractivity contribution is -0.192. The minimum atomic E-state index is -5.08. The summed E-state index contributed by atoms with van der Waals surface area (Å²) in [4.78, 5) is 40.2. The van der Waals surface area contributed by atoms with Crippen molar-refractivity contribution >= 4 is 34.5 Å². The number of fused-ring (bicyclic) bond motifs is 1. The van der Waals surface area contributed by atoms with Crippen molar-refractivity contribution in [2.24, 2.45) is 7.05 Å². The number of piperazine rings is 1. The Hall–Kier alpha value is -4.45. The second-order valence-corrected chi connectivity index (χ2v) is 9.90. The van der Waals surface area contributed by atoms with Crippen molar-refractivity contribution in [1.29, 1.82) is 5.26 Å². The van der Waals surface area contributed by atoms with Crippen LogP contribution in [0.1, 0.15) is 41.9 Å². The Labute approximate surface area is 234 Å². The number of nitriles is 1. The van der Waals surface area contributed by atoms with Gasteiger partial charge in [-0.1, -0.05) is 12.8 Å². The summed E-state index contributed by atoms with van der Waals surface area (Å²) in [6.07, 6.45) is 0.527.